The van der Waals surface area contributed by atoms with Gasteiger partial charge in [-0.1, -0.05) is 29.8 Å². The summed E-state index contributed by atoms with van der Waals surface area (Å²) in [7, 11) is 1.63. The third-order valence-electron chi connectivity index (χ3n) is 3.16. The van der Waals surface area contributed by atoms with Crippen molar-refractivity contribution >= 4 is 23.6 Å². The second-order valence-corrected chi connectivity index (χ2v) is 5.12. The minimum Gasteiger partial charge on any atom is -0.480 e. The van der Waals surface area contributed by atoms with Gasteiger partial charge in [-0.05, 0) is 24.6 Å². The van der Waals surface area contributed by atoms with Gasteiger partial charge in [-0.15, -0.1) is 6.58 Å². The van der Waals surface area contributed by atoms with E-state index < -0.39 is 5.97 Å². The van der Waals surface area contributed by atoms with Crippen molar-refractivity contribution in [2.75, 3.05) is 20.1 Å². The summed E-state index contributed by atoms with van der Waals surface area (Å²) in [6.45, 7) is 5.21. The summed E-state index contributed by atoms with van der Waals surface area (Å²) in [6.07, 6.45) is 1.50. The molecule has 0 aliphatic heterocycles. The van der Waals surface area contributed by atoms with Crippen molar-refractivity contribution in [3.63, 3.8) is 0 Å². The monoisotopic (exact) mass is 310 g/mol. The van der Waals surface area contributed by atoms with Crippen molar-refractivity contribution in [3.8, 4) is 0 Å². The van der Waals surface area contributed by atoms with Crippen LogP contribution in [0.15, 0.2) is 36.9 Å². The van der Waals surface area contributed by atoms with Crippen molar-refractivity contribution in [1.29, 1.82) is 0 Å². The lowest BCUT2D eigenvalue weighted by Crippen LogP contribution is -2.44. The number of amides is 2. The third-order valence-corrected chi connectivity index (χ3v) is 3.39. The molecule has 1 unspecified atom stereocenters. The second-order valence-electron chi connectivity index (χ2n) is 4.69. The van der Waals surface area contributed by atoms with E-state index in [9.17, 15) is 9.59 Å². The van der Waals surface area contributed by atoms with Crippen LogP contribution in [0.5, 0.6) is 0 Å². The highest BCUT2D eigenvalue weighted by Gasteiger charge is 2.23. The number of carboxylic acid groups (broad SMARTS) is 1. The molecule has 1 rings (SSSR count). The van der Waals surface area contributed by atoms with Crippen LogP contribution in [0.3, 0.4) is 0 Å². The summed E-state index contributed by atoms with van der Waals surface area (Å²) in [4.78, 5) is 25.9. The van der Waals surface area contributed by atoms with E-state index in [0.717, 1.165) is 5.56 Å². The molecule has 5 nitrogen and oxygen atoms in total. The van der Waals surface area contributed by atoms with Crippen molar-refractivity contribution < 1.29 is 14.7 Å². The molecular weight excluding hydrogens is 292 g/mol. The first-order valence-electron chi connectivity index (χ1n) is 6.46. The fourth-order valence-corrected chi connectivity index (χ4v) is 2.11. The minimum absolute atomic E-state index is 0.178. The summed E-state index contributed by atoms with van der Waals surface area (Å²) in [5, 5.41) is 9.46. The second kappa shape index (κ2) is 7.69. The minimum atomic E-state index is -1.06. The van der Waals surface area contributed by atoms with Gasteiger partial charge in [0.1, 0.15) is 6.54 Å². The van der Waals surface area contributed by atoms with Gasteiger partial charge in [-0.2, -0.15) is 0 Å². The Morgan fingerprint density at radius 2 is 2.14 bits per heavy atom. The number of carbonyl (C=O) groups excluding carboxylic acids is 1. The fourth-order valence-electron chi connectivity index (χ4n) is 1.91. The molecule has 0 saturated carbocycles. The standard InChI is InChI=1S/C15H19ClN2O3/c1-4-8-18(10-14(19)20)15(21)17(3)11(2)12-6-5-7-13(16)9-12/h4-7,9,11H,1,8,10H2,2-3H3,(H,19,20). The molecule has 1 N–H and O–H groups in total. The predicted molar refractivity (Wildman–Crippen MR) is 82.4 cm³/mol. The number of aliphatic carboxylic acids is 1. The molecule has 0 aromatic heterocycles. The van der Waals surface area contributed by atoms with Gasteiger partial charge in [-0.25, -0.2) is 4.79 Å². The number of hydrogen-bond donors (Lipinski definition) is 1. The molecule has 0 spiro atoms. The Balaban J connectivity index is 2.88. The topological polar surface area (TPSA) is 60.9 Å². The largest absolute Gasteiger partial charge is 0.480 e. The van der Waals surface area contributed by atoms with Crippen molar-refractivity contribution in [1.82, 2.24) is 9.80 Å². The van der Waals surface area contributed by atoms with Gasteiger partial charge in [0.25, 0.3) is 0 Å². The smallest absolute Gasteiger partial charge is 0.323 e. The average molecular weight is 311 g/mol. The lowest BCUT2D eigenvalue weighted by atomic mass is 10.1. The maximum Gasteiger partial charge on any atom is 0.323 e. The van der Waals surface area contributed by atoms with E-state index in [2.05, 4.69) is 6.58 Å². The highest BCUT2D eigenvalue weighted by atomic mass is 35.5. The van der Waals surface area contributed by atoms with Gasteiger partial charge < -0.3 is 14.9 Å². The molecule has 21 heavy (non-hydrogen) atoms. The summed E-state index contributed by atoms with van der Waals surface area (Å²) in [5.41, 5.74) is 0.882. The first-order valence-corrected chi connectivity index (χ1v) is 6.84. The first kappa shape index (κ1) is 17.0. The molecule has 1 atom stereocenters. The Hall–Kier alpha value is -2.01. The Bertz CT molecular complexity index is 533. The SMILES string of the molecule is C=CCN(CC(=O)O)C(=O)N(C)C(C)c1cccc(Cl)c1. The Morgan fingerprint density at radius 1 is 1.48 bits per heavy atom. The van der Waals surface area contributed by atoms with E-state index in [0.29, 0.717) is 5.02 Å². The zero-order chi connectivity index (χ0) is 16.0. The van der Waals surface area contributed by atoms with E-state index in [4.69, 9.17) is 16.7 Å². The molecule has 0 fully saturated rings. The maximum atomic E-state index is 12.4. The van der Waals surface area contributed by atoms with Crippen molar-refractivity contribution in [2.24, 2.45) is 0 Å². The van der Waals surface area contributed by atoms with Gasteiger partial charge in [0, 0.05) is 18.6 Å². The molecule has 1 aromatic rings. The molecule has 0 saturated heterocycles. The molecule has 0 bridgehead atoms. The fraction of sp³-hybridized carbons (Fsp3) is 0.333. The number of carboxylic acids is 1. The van der Waals surface area contributed by atoms with E-state index in [-0.39, 0.29) is 25.2 Å². The number of halogens is 1. The quantitative estimate of drug-likeness (QED) is 0.822. The average Bonchev–Trinajstić information content (AvgIpc) is 2.44. The lowest BCUT2D eigenvalue weighted by Gasteiger charge is -2.30. The highest BCUT2D eigenvalue weighted by molar-refractivity contribution is 6.30. The van der Waals surface area contributed by atoms with Crippen LogP contribution in [0, 0.1) is 0 Å². The van der Waals surface area contributed by atoms with Crippen LogP contribution in [0.25, 0.3) is 0 Å². The number of rotatable bonds is 6. The third kappa shape index (κ3) is 4.79. The summed E-state index contributed by atoms with van der Waals surface area (Å²) < 4.78 is 0. The van der Waals surface area contributed by atoms with E-state index >= 15 is 0 Å². The van der Waals surface area contributed by atoms with Crippen LogP contribution in [0.4, 0.5) is 4.79 Å². The maximum absolute atomic E-state index is 12.4. The normalized spacial score (nSPS) is 11.6. The first-order chi connectivity index (χ1) is 9.86. The molecule has 1 aromatic carbocycles. The predicted octanol–water partition coefficient (Wildman–Crippen LogP) is 3.03. The van der Waals surface area contributed by atoms with Crippen molar-refractivity contribution in [2.45, 2.75) is 13.0 Å². The molecular formula is C15H19ClN2O3. The van der Waals surface area contributed by atoms with Gasteiger partial charge >= 0.3 is 12.0 Å². The molecule has 0 aliphatic carbocycles. The van der Waals surface area contributed by atoms with Crippen LogP contribution in [-0.4, -0.2) is 47.0 Å². The zero-order valence-electron chi connectivity index (χ0n) is 12.1. The van der Waals surface area contributed by atoms with Crippen LogP contribution < -0.4 is 0 Å². The number of urea groups is 1. The number of carbonyl (C=O) groups is 2. The molecule has 0 aliphatic rings. The lowest BCUT2D eigenvalue weighted by molar-refractivity contribution is -0.137. The summed E-state index contributed by atoms with van der Waals surface area (Å²) >= 11 is 5.95. The van der Waals surface area contributed by atoms with E-state index in [1.807, 2.05) is 19.1 Å². The van der Waals surface area contributed by atoms with Crippen LogP contribution in [-0.2, 0) is 4.79 Å². The summed E-state index contributed by atoms with van der Waals surface area (Å²) in [6, 6.07) is 6.63. The molecule has 114 valence electrons. The van der Waals surface area contributed by atoms with Gasteiger partial charge in [0.05, 0.1) is 6.04 Å². The Labute approximate surface area is 129 Å². The Kier molecular flexibility index (Phi) is 6.24. The number of hydrogen-bond acceptors (Lipinski definition) is 2. The Morgan fingerprint density at radius 3 is 2.67 bits per heavy atom. The molecule has 0 radical (unpaired) electrons. The van der Waals surface area contributed by atoms with E-state index in [1.165, 1.54) is 15.9 Å². The van der Waals surface area contributed by atoms with Gasteiger partial charge in [0.15, 0.2) is 0 Å². The van der Waals surface area contributed by atoms with E-state index in [1.54, 1.807) is 19.2 Å². The van der Waals surface area contributed by atoms with Crippen LogP contribution >= 0.6 is 11.6 Å². The molecule has 6 heteroatoms. The molecule has 2 amide bonds. The zero-order valence-corrected chi connectivity index (χ0v) is 12.9. The van der Waals surface area contributed by atoms with Crippen LogP contribution in [0.2, 0.25) is 5.02 Å². The number of benzene rings is 1. The summed E-state index contributed by atoms with van der Waals surface area (Å²) in [5.74, 6) is -1.06. The van der Waals surface area contributed by atoms with Crippen LogP contribution in [0.1, 0.15) is 18.5 Å². The van der Waals surface area contributed by atoms with Gasteiger partial charge in [-0.3, -0.25) is 4.79 Å². The molecule has 0 heterocycles. The number of nitrogens with zero attached hydrogens (tertiary/aromatic N) is 2. The van der Waals surface area contributed by atoms with Crippen molar-refractivity contribution in [3.05, 3.63) is 47.5 Å². The highest BCUT2D eigenvalue weighted by Crippen LogP contribution is 2.22. The van der Waals surface area contributed by atoms with Gasteiger partial charge in [0.2, 0.25) is 0 Å².